The number of anilines is 2. The summed E-state index contributed by atoms with van der Waals surface area (Å²) in [6, 6.07) is 20.4. The number of hydrazine groups is 1. The lowest BCUT2D eigenvalue weighted by atomic mass is 9.84. The van der Waals surface area contributed by atoms with Gasteiger partial charge >= 0.3 is 0 Å². The van der Waals surface area contributed by atoms with Crippen LogP contribution in [0.15, 0.2) is 93.9 Å². The summed E-state index contributed by atoms with van der Waals surface area (Å²) in [5, 5.41) is 4.56. The summed E-state index contributed by atoms with van der Waals surface area (Å²) in [4.78, 5) is 60.5. The van der Waals surface area contributed by atoms with Gasteiger partial charge in [0.15, 0.2) is 0 Å². The monoisotopic (exact) mass is 846 g/mol. The smallest absolute Gasteiger partial charge is 0.253 e. The number of imide groups is 2. The standard InChI is InChI=1S/C34H20Br2Cl4N4O4/c35-17-5-1-15(2-6-17)27-25-29(33(47)41(31(25)45)19-9-11-21(37)23(39)13-19)44-28(16-3-7-18(36)8-4-16)26-30(43(27)44)34(48)42(32(26)46)20-10-12-22(38)24(40)14-20/h1-14,25-30H. The van der Waals surface area contributed by atoms with Crippen LogP contribution in [0.3, 0.4) is 0 Å². The molecule has 6 unspecified atom stereocenters. The summed E-state index contributed by atoms with van der Waals surface area (Å²) in [6.07, 6.45) is 0. The molecule has 8 rings (SSSR count). The molecule has 8 nitrogen and oxygen atoms in total. The van der Waals surface area contributed by atoms with Crippen molar-refractivity contribution in [2.24, 2.45) is 11.8 Å². The Balaban J connectivity index is 1.33. The lowest BCUT2D eigenvalue weighted by molar-refractivity contribution is -0.136. The third kappa shape index (κ3) is 4.75. The average Bonchev–Trinajstić information content (AvgIpc) is 3.72. The summed E-state index contributed by atoms with van der Waals surface area (Å²) in [5.74, 6) is -3.72. The van der Waals surface area contributed by atoms with Crippen molar-refractivity contribution in [3.8, 4) is 0 Å². The third-order valence-electron chi connectivity index (χ3n) is 9.47. The van der Waals surface area contributed by atoms with Gasteiger partial charge in [0.2, 0.25) is 11.8 Å². The zero-order chi connectivity index (χ0) is 33.8. The molecule has 242 valence electrons. The van der Waals surface area contributed by atoms with E-state index in [0.29, 0.717) is 11.1 Å². The number of halogens is 6. The van der Waals surface area contributed by atoms with Crippen LogP contribution in [0.5, 0.6) is 0 Å². The molecule has 0 spiro atoms. The summed E-state index contributed by atoms with van der Waals surface area (Å²) < 4.78 is 1.63. The first-order valence-corrected chi connectivity index (χ1v) is 17.8. The van der Waals surface area contributed by atoms with E-state index in [4.69, 9.17) is 46.4 Å². The van der Waals surface area contributed by atoms with Crippen LogP contribution in [-0.4, -0.2) is 45.7 Å². The second kappa shape index (κ2) is 11.9. The number of fused-ring (bicyclic) bond motifs is 5. The van der Waals surface area contributed by atoms with Crippen molar-refractivity contribution in [1.82, 2.24) is 10.0 Å². The molecule has 6 atom stereocenters. The zero-order valence-electron chi connectivity index (χ0n) is 24.2. The highest BCUT2D eigenvalue weighted by molar-refractivity contribution is 9.10. The van der Waals surface area contributed by atoms with Crippen LogP contribution in [0.25, 0.3) is 0 Å². The van der Waals surface area contributed by atoms with Gasteiger partial charge in [0.05, 0.1) is 55.4 Å². The second-order valence-electron chi connectivity index (χ2n) is 11.9. The number of nitrogens with zero attached hydrogens (tertiary/aromatic N) is 4. The van der Waals surface area contributed by atoms with E-state index < -0.39 is 59.6 Å². The molecule has 4 aromatic carbocycles. The fourth-order valence-corrected chi connectivity index (χ4v) is 8.69. The molecule has 0 aromatic heterocycles. The van der Waals surface area contributed by atoms with E-state index in [9.17, 15) is 19.2 Å². The fraction of sp³-hybridized carbons (Fsp3) is 0.176. The Labute approximate surface area is 311 Å². The van der Waals surface area contributed by atoms with Gasteiger partial charge in [-0.15, -0.1) is 0 Å². The molecule has 4 aliphatic heterocycles. The van der Waals surface area contributed by atoms with E-state index in [0.717, 1.165) is 18.7 Å². The van der Waals surface area contributed by atoms with Crippen LogP contribution in [0, 0.1) is 11.8 Å². The highest BCUT2D eigenvalue weighted by Gasteiger charge is 2.73. The molecule has 4 heterocycles. The number of rotatable bonds is 4. The van der Waals surface area contributed by atoms with Crippen molar-refractivity contribution < 1.29 is 19.2 Å². The first kappa shape index (κ1) is 32.4. The van der Waals surface area contributed by atoms with Gasteiger partial charge in [-0.25, -0.2) is 19.8 Å². The maximum Gasteiger partial charge on any atom is 0.253 e. The van der Waals surface area contributed by atoms with Crippen molar-refractivity contribution in [3.63, 3.8) is 0 Å². The molecule has 0 radical (unpaired) electrons. The van der Waals surface area contributed by atoms with Crippen LogP contribution in [0.2, 0.25) is 20.1 Å². The maximum absolute atomic E-state index is 14.6. The molecule has 0 N–H and O–H groups in total. The molecule has 4 saturated heterocycles. The van der Waals surface area contributed by atoms with Gasteiger partial charge in [-0.3, -0.25) is 19.2 Å². The first-order valence-electron chi connectivity index (χ1n) is 14.7. The summed E-state index contributed by atoms with van der Waals surface area (Å²) in [7, 11) is 0. The topological polar surface area (TPSA) is 81.2 Å². The molecular formula is C34H20Br2Cl4N4O4. The molecule has 14 heteroatoms. The minimum absolute atomic E-state index is 0.194. The van der Waals surface area contributed by atoms with E-state index in [1.165, 1.54) is 24.3 Å². The first-order chi connectivity index (χ1) is 23.0. The van der Waals surface area contributed by atoms with Crippen molar-refractivity contribution in [1.29, 1.82) is 0 Å². The molecule has 0 aliphatic carbocycles. The van der Waals surface area contributed by atoms with Crippen LogP contribution in [0.4, 0.5) is 11.4 Å². The minimum Gasteiger partial charge on any atom is -0.274 e. The molecule has 4 amide bonds. The van der Waals surface area contributed by atoms with Gasteiger partial charge in [0.1, 0.15) is 12.1 Å². The van der Waals surface area contributed by atoms with E-state index >= 15 is 0 Å². The number of benzene rings is 4. The molecule has 4 aromatic rings. The van der Waals surface area contributed by atoms with Gasteiger partial charge in [-0.2, -0.15) is 0 Å². The van der Waals surface area contributed by atoms with Crippen LogP contribution in [0.1, 0.15) is 23.2 Å². The number of amides is 4. The Morgan fingerprint density at radius 2 is 0.792 bits per heavy atom. The molecule has 4 fully saturated rings. The number of hydrogen-bond donors (Lipinski definition) is 0. The number of carbonyl (C=O) groups is 4. The maximum atomic E-state index is 14.6. The Kier molecular flexibility index (Phi) is 8.05. The van der Waals surface area contributed by atoms with Gasteiger partial charge in [-0.1, -0.05) is 103 Å². The van der Waals surface area contributed by atoms with Crippen molar-refractivity contribution in [3.05, 3.63) is 125 Å². The molecular weight excluding hydrogens is 830 g/mol. The summed E-state index contributed by atoms with van der Waals surface area (Å²) >= 11 is 32.0. The fourth-order valence-electron chi connectivity index (χ4n) is 7.58. The second-order valence-corrected chi connectivity index (χ2v) is 15.4. The van der Waals surface area contributed by atoms with Gasteiger partial charge in [0.25, 0.3) is 11.8 Å². The molecule has 0 saturated carbocycles. The Morgan fingerprint density at radius 3 is 1.12 bits per heavy atom. The van der Waals surface area contributed by atoms with Crippen molar-refractivity contribution in [2.45, 2.75) is 24.2 Å². The average molecular weight is 850 g/mol. The highest BCUT2D eigenvalue weighted by Crippen LogP contribution is 2.60. The van der Waals surface area contributed by atoms with E-state index in [1.54, 1.807) is 22.2 Å². The molecule has 0 bridgehead atoms. The lowest BCUT2D eigenvalue weighted by Gasteiger charge is -2.35. The number of carbonyl (C=O) groups excluding carboxylic acids is 4. The highest BCUT2D eigenvalue weighted by atomic mass is 79.9. The summed E-state index contributed by atoms with van der Waals surface area (Å²) in [6.45, 7) is 0. The lowest BCUT2D eigenvalue weighted by Crippen LogP contribution is -2.50. The predicted octanol–water partition coefficient (Wildman–Crippen LogP) is 8.27. The molecule has 4 aliphatic rings. The van der Waals surface area contributed by atoms with Crippen LogP contribution in [-0.2, 0) is 19.2 Å². The van der Waals surface area contributed by atoms with Gasteiger partial charge < -0.3 is 0 Å². The van der Waals surface area contributed by atoms with Crippen LogP contribution < -0.4 is 9.80 Å². The predicted molar refractivity (Wildman–Crippen MR) is 190 cm³/mol. The van der Waals surface area contributed by atoms with E-state index in [2.05, 4.69) is 31.9 Å². The van der Waals surface area contributed by atoms with E-state index in [1.807, 2.05) is 48.5 Å². The Hall–Kier alpha value is -2.80. The normalized spacial score (nSPS) is 26.9. The summed E-state index contributed by atoms with van der Waals surface area (Å²) in [5.41, 5.74) is 1.98. The number of hydrogen-bond acceptors (Lipinski definition) is 6. The van der Waals surface area contributed by atoms with E-state index in [-0.39, 0.29) is 31.5 Å². The van der Waals surface area contributed by atoms with Crippen LogP contribution >= 0.6 is 78.3 Å². The third-order valence-corrected chi connectivity index (χ3v) is 12.0. The van der Waals surface area contributed by atoms with Crippen molar-refractivity contribution in [2.75, 3.05) is 9.80 Å². The van der Waals surface area contributed by atoms with Gasteiger partial charge in [-0.05, 0) is 71.8 Å². The Bertz CT molecular complexity index is 1920. The Morgan fingerprint density at radius 1 is 0.438 bits per heavy atom. The molecule has 48 heavy (non-hydrogen) atoms. The SMILES string of the molecule is O=C1C2C(C(=O)N1c1ccc(Cl)c(Cl)c1)N1C(c3ccc(Br)cc3)C3C(=O)N(c4ccc(Cl)c(Cl)c4)C(=O)C3N1C2c1ccc(Br)cc1. The largest absolute Gasteiger partial charge is 0.274 e. The van der Waals surface area contributed by atoms with Gasteiger partial charge in [0, 0.05) is 8.95 Å². The quantitative estimate of drug-likeness (QED) is 0.193. The minimum atomic E-state index is -1.03. The van der Waals surface area contributed by atoms with Crippen molar-refractivity contribution >= 4 is 113 Å². The zero-order valence-corrected chi connectivity index (χ0v) is 30.4.